The molecule has 2 N–H and O–H groups in total. The first kappa shape index (κ1) is 14.9. The third-order valence-corrected chi connectivity index (χ3v) is 2.19. The van der Waals surface area contributed by atoms with Gasteiger partial charge in [0, 0.05) is 17.8 Å². The molecule has 2 amide bonds. The van der Waals surface area contributed by atoms with Gasteiger partial charge < -0.3 is 15.4 Å². The van der Waals surface area contributed by atoms with Crippen LogP contribution in [0, 0.1) is 0 Å². The second-order valence-corrected chi connectivity index (χ2v) is 4.24. The first-order valence-corrected chi connectivity index (χ1v) is 6.19. The lowest BCUT2D eigenvalue weighted by Crippen LogP contribution is -2.30. The van der Waals surface area contributed by atoms with E-state index in [4.69, 9.17) is 4.74 Å². The van der Waals surface area contributed by atoms with Gasteiger partial charge >= 0.3 is 6.09 Å². The molecule has 0 aliphatic carbocycles. The molecular weight excluding hydrogens is 246 g/mol. The highest BCUT2D eigenvalue weighted by Gasteiger charge is 2.08. The van der Waals surface area contributed by atoms with Crippen molar-refractivity contribution < 1.29 is 14.3 Å². The zero-order valence-corrected chi connectivity index (χ0v) is 11.4. The lowest BCUT2D eigenvalue weighted by atomic mass is 10.2. The van der Waals surface area contributed by atoms with E-state index in [2.05, 4.69) is 15.6 Å². The van der Waals surface area contributed by atoms with Crippen LogP contribution in [0.1, 0.15) is 36.8 Å². The molecule has 1 aromatic heterocycles. The third kappa shape index (κ3) is 5.37. The van der Waals surface area contributed by atoms with Crippen LogP contribution in [0.15, 0.2) is 18.3 Å². The van der Waals surface area contributed by atoms with Gasteiger partial charge in [-0.2, -0.15) is 0 Å². The minimum absolute atomic E-state index is 0.0711. The van der Waals surface area contributed by atoms with E-state index < -0.39 is 6.09 Å². The molecule has 0 radical (unpaired) electrons. The molecule has 0 aliphatic heterocycles. The van der Waals surface area contributed by atoms with Gasteiger partial charge in [0.1, 0.15) is 0 Å². The van der Waals surface area contributed by atoms with E-state index in [1.165, 1.54) is 6.20 Å². The second kappa shape index (κ2) is 7.35. The first-order chi connectivity index (χ1) is 9.02. The zero-order valence-electron chi connectivity index (χ0n) is 11.4. The lowest BCUT2D eigenvalue weighted by Gasteiger charge is -2.09. The summed E-state index contributed by atoms with van der Waals surface area (Å²) in [6.45, 7) is 6.05. The predicted octanol–water partition coefficient (Wildman–Crippen LogP) is 1.47. The largest absolute Gasteiger partial charge is 0.450 e. The molecule has 0 atom stereocenters. The topological polar surface area (TPSA) is 80.3 Å². The number of nitrogens with zero attached hydrogens (tertiary/aromatic N) is 1. The fraction of sp³-hybridized carbons (Fsp3) is 0.462. The smallest absolute Gasteiger partial charge is 0.407 e. The second-order valence-electron chi connectivity index (χ2n) is 4.24. The van der Waals surface area contributed by atoms with E-state index in [0.717, 1.165) is 0 Å². The summed E-state index contributed by atoms with van der Waals surface area (Å²) in [6.07, 6.45) is 1.04. The van der Waals surface area contributed by atoms with Gasteiger partial charge in [-0.15, -0.1) is 0 Å². The molecule has 0 saturated heterocycles. The van der Waals surface area contributed by atoms with Crippen LogP contribution < -0.4 is 10.6 Å². The van der Waals surface area contributed by atoms with Crippen molar-refractivity contribution in [1.29, 1.82) is 0 Å². The average molecular weight is 265 g/mol. The Hall–Kier alpha value is -2.11. The Labute approximate surface area is 112 Å². The summed E-state index contributed by atoms with van der Waals surface area (Å²) in [5.41, 5.74) is 1.12. The molecule has 0 saturated carbocycles. The molecular formula is C13H19N3O3. The minimum Gasteiger partial charge on any atom is -0.450 e. The summed E-state index contributed by atoms with van der Waals surface area (Å²) in [5, 5.41) is 5.34. The van der Waals surface area contributed by atoms with Gasteiger partial charge in [-0.3, -0.25) is 9.78 Å². The maximum Gasteiger partial charge on any atom is 0.407 e. The van der Waals surface area contributed by atoms with E-state index in [-0.39, 0.29) is 18.5 Å². The Morgan fingerprint density at radius 3 is 2.79 bits per heavy atom. The van der Waals surface area contributed by atoms with Crippen LogP contribution >= 0.6 is 0 Å². The van der Waals surface area contributed by atoms with E-state index in [1.807, 2.05) is 13.8 Å². The van der Waals surface area contributed by atoms with Crippen LogP contribution in [0.2, 0.25) is 0 Å². The van der Waals surface area contributed by atoms with Gasteiger partial charge in [0.05, 0.1) is 18.8 Å². The van der Waals surface area contributed by atoms with Gasteiger partial charge in [0.2, 0.25) is 0 Å². The van der Waals surface area contributed by atoms with Gasteiger partial charge in [0.25, 0.3) is 5.91 Å². The number of rotatable bonds is 5. The molecule has 1 aromatic rings. The number of amides is 2. The number of hydrogen-bond donors (Lipinski definition) is 2. The number of ether oxygens (including phenoxy) is 1. The highest BCUT2D eigenvalue weighted by atomic mass is 16.5. The summed E-state index contributed by atoms with van der Waals surface area (Å²) in [7, 11) is 0. The quantitative estimate of drug-likeness (QED) is 0.844. The first-order valence-electron chi connectivity index (χ1n) is 6.19. The van der Waals surface area contributed by atoms with Crippen molar-refractivity contribution in [2.45, 2.75) is 33.4 Å². The van der Waals surface area contributed by atoms with Gasteiger partial charge in [0.15, 0.2) is 0 Å². The van der Waals surface area contributed by atoms with Crippen molar-refractivity contribution in [3.63, 3.8) is 0 Å². The molecule has 0 unspecified atom stereocenters. The Bertz CT molecular complexity index is 447. The van der Waals surface area contributed by atoms with Gasteiger partial charge in [-0.05, 0) is 32.9 Å². The lowest BCUT2D eigenvalue weighted by molar-refractivity contribution is 0.0943. The van der Waals surface area contributed by atoms with Gasteiger partial charge in [-0.1, -0.05) is 0 Å². The van der Waals surface area contributed by atoms with Crippen molar-refractivity contribution >= 4 is 12.0 Å². The monoisotopic (exact) mass is 265 g/mol. The van der Waals surface area contributed by atoms with Crippen LogP contribution in [-0.4, -0.2) is 29.6 Å². The van der Waals surface area contributed by atoms with Crippen LogP contribution in [0.5, 0.6) is 0 Å². The summed E-state index contributed by atoms with van der Waals surface area (Å²) < 4.78 is 4.74. The molecule has 104 valence electrons. The number of carbonyl (C=O) groups excluding carboxylic acids is 2. The number of nitrogens with one attached hydrogen (secondary N) is 2. The van der Waals surface area contributed by atoms with Crippen LogP contribution in [0.3, 0.4) is 0 Å². The standard InChI is InChI=1S/C13H19N3O3/c1-4-19-13(18)15-8-11-7-10(5-6-14-11)12(17)16-9(2)3/h5-7,9H,4,8H2,1-3H3,(H,15,18)(H,16,17). The molecule has 19 heavy (non-hydrogen) atoms. The average Bonchev–Trinajstić information content (AvgIpc) is 2.36. The SMILES string of the molecule is CCOC(=O)NCc1cc(C(=O)NC(C)C)ccn1. The van der Waals surface area contributed by atoms with Crippen LogP contribution in [-0.2, 0) is 11.3 Å². The molecule has 1 heterocycles. The normalized spacial score (nSPS) is 10.1. The number of pyridine rings is 1. The molecule has 0 spiro atoms. The Kier molecular flexibility index (Phi) is 5.78. The Morgan fingerprint density at radius 2 is 2.16 bits per heavy atom. The van der Waals surface area contributed by atoms with Crippen LogP contribution in [0.25, 0.3) is 0 Å². The van der Waals surface area contributed by atoms with E-state index in [0.29, 0.717) is 17.9 Å². The summed E-state index contributed by atoms with van der Waals surface area (Å²) in [5.74, 6) is -0.158. The zero-order chi connectivity index (χ0) is 14.3. The van der Waals surface area contributed by atoms with Crippen molar-refractivity contribution in [3.8, 4) is 0 Å². The van der Waals surface area contributed by atoms with Crippen molar-refractivity contribution in [3.05, 3.63) is 29.6 Å². The molecule has 1 rings (SSSR count). The maximum atomic E-state index is 11.8. The highest BCUT2D eigenvalue weighted by molar-refractivity contribution is 5.94. The van der Waals surface area contributed by atoms with E-state index in [1.54, 1.807) is 19.1 Å². The van der Waals surface area contributed by atoms with Crippen molar-refractivity contribution in [2.24, 2.45) is 0 Å². The van der Waals surface area contributed by atoms with Crippen LogP contribution in [0.4, 0.5) is 4.79 Å². The molecule has 0 aromatic carbocycles. The molecule has 0 bridgehead atoms. The summed E-state index contributed by atoms with van der Waals surface area (Å²) in [6, 6.07) is 3.34. The van der Waals surface area contributed by atoms with E-state index in [9.17, 15) is 9.59 Å². The molecule has 6 heteroatoms. The fourth-order valence-electron chi connectivity index (χ4n) is 1.41. The van der Waals surface area contributed by atoms with Gasteiger partial charge in [-0.25, -0.2) is 4.79 Å². The van der Waals surface area contributed by atoms with E-state index >= 15 is 0 Å². The fourth-order valence-corrected chi connectivity index (χ4v) is 1.41. The maximum absolute atomic E-state index is 11.8. The number of aromatic nitrogens is 1. The highest BCUT2D eigenvalue weighted by Crippen LogP contribution is 2.02. The number of carbonyl (C=O) groups is 2. The Balaban J connectivity index is 2.61. The summed E-state index contributed by atoms with van der Waals surface area (Å²) in [4.78, 5) is 27.0. The minimum atomic E-state index is -0.499. The molecule has 6 nitrogen and oxygen atoms in total. The number of alkyl carbamates (subject to hydrolysis) is 1. The molecule has 0 aliphatic rings. The van der Waals surface area contributed by atoms with Crippen molar-refractivity contribution in [1.82, 2.24) is 15.6 Å². The number of hydrogen-bond acceptors (Lipinski definition) is 4. The third-order valence-electron chi connectivity index (χ3n) is 2.19. The summed E-state index contributed by atoms with van der Waals surface area (Å²) >= 11 is 0. The Morgan fingerprint density at radius 1 is 1.42 bits per heavy atom. The predicted molar refractivity (Wildman–Crippen MR) is 70.7 cm³/mol. The van der Waals surface area contributed by atoms with Crippen molar-refractivity contribution in [2.75, 3.05) is 6.61 Å². The molecule has 0 fully saturated rings.